The highest BCUT2D eigenvalue weighted by molar-refractivity contribution is 5.21. The van der Waals surface area contributed by atoms with Gasteiger partial charge in [-0.2, -0.15) is 5.26 Å². The third-order valence-electron chi connectivity index (χ3n) is 2.42. The smallest absolute Gasteiger partial charge is 0.0741 e. The Morgan fingerprint density at radius 1 is 1.43 bits per heavy atom. The first-order valence-corrected chi connectivity index (χ1v) is 4.62. The number of aromatic nitrogens is 1. The van der Waals surface area contributed by atoms with Crippen molar-refractivity contribution >= 4 is 0 Å². The van der Waals surface area contributed by atoms with Crippen LogP contribution in [0.1, 0.15) is 18.0 Å². The standard InChI is InChI=1S/C11H11N3/c12-8-10-2-1-5-14-11(10)9-3-6-13-7-4-9/h1,3-7,10-11,14H,2H2. The maximum atomic E-state index is 8.98. The molecule has 0 amide bonds. The third-order valence-corrected chi connectivity index (χ3v) is 2.42. The van der Waals surface area contributed by atoms with Crippen LogP contribution in [0.5, 0.6) is 0 Å². The molecule has 1 aromatic heterocycles. The second kappa shape index (κ2) is 3.93. The summed E-state index contributed by atoms with van der Waals surface area (Å²) in [6.45, 7) is 0. The minimum absolute atomic E-state index is 0.0161. The maximum Gasteiger partial charge on any atom is 0.0741 e. The van der Waals surface area contributed by atoms with Gasteiger partial charge in [0.15, 0.2) is 0 Å². The zero-order valence-corrected chi connectivity index (χ0v) is 7.72. The molecule has 1 aliphatic rings. The van der Waals surface area contributed by atoms with Crippen molar-refractivity contribution in [3.63, 3.8) is 0 Å². The van der Waals surface area contributed by atoms with E-state index in [0.29, 0.717) is 0 Å². The second-order valence-electron chi connectivity index (χ2n) is 3.30. The molecule has 0 aromatic carbocycles. The van der Waals surface area contributed by atoms with Gasteiger partial charge in [-0.25, -0.2) is 0 Å². The van der Waals surface area contributed by atoms with Crippen LogP contribution in [0.2, 0.25) is 0 Å². The Morgan fingerprint density at radius 2 is 2.21 bits per heavy atom. The lowest BCUT2D eigenvalue weighted by molar-refractivity contribution is 0.458. The first-order chi connectivity index (χ1) is 6.92. The summed E-state index contributed by atoms with van der Waals surface area (Å²) in [6, 6.07) is 6.31. The van der Waals surface area contributed by atoms with Crippen LogP contribution in [0.3, 0.4) is 0 Å². The minimum Gasteiger partial charge on any atom is -0.383 e. The predicted molar refractivity (Wildman–Crippen MR) is 53.0 cm³/mol. The van der Waals surface area contributed by atoms with Crippen molar-refractivity contribution in [1.82, 2.24) is 10.3 Å². The van der Waals surface area contributed by atoms with Gasteiger partial charge in [0.25, 0.3) is 0 Å². The van der Waals surface area contributed by atoms with Crippen molar-refractivity contribution in [3.8, 4) is 6.07 Å². The monoisotopic (exact) mass is 185 g/mol. The van der Waals surface area contributed by atoms with Crippen molar-refractivity contribution in [2.75, 3.05) is 0 Å². The number of nitrogens with zero attached hydrogens (tertiary/aromatic N) is 2. The zero-order chi connectivity index (χ0) is 9.80. The number of hydrogen-bond donors (Lipinski definition) is 1. The van der Waals surface area contributed by atoms with E-state index in [1.807, 2.05) is 24.4 Å². The molecule has 0 saturated carbocycles. The molecule has 0 spiro atoms. The lowest BCUT2D eigenvalue weighted by Gasteiger charge is -2.25. The summed E-state index contributed by atoms with van der Waals surface area (Å²) >= 11 is 0. The van der Waals surface area contributed by atoms with E-state index in [2.05, 4.69) is 16.4 Å². The Balaban J connectivity index is 2.26. The number of allylic oxidation sites excluding steroid dienone is 1. The SMILES string of the molecule is N#CC1CC=CNC1c1ccncc1. The molecule has 3 nitrogen and oxygen atoms in total. The Labute approximate surface area is 83.1 Å². The molecule has 0 aliphatic carbocycles. The number of pyridine rings is 1. The van der Waals surface area contributed by atoms with Gasteiger partial charge in [-0.15, -0.1) is 0 Å². The van der Waals surface area contributed by atoms with Crippen LogP contribution in [0.15, 0.2) is 36.8 Å². The van der Waals surface area contributed by atoms with Gasteiger partial charge in [0.2, 0.25) is 0 Å². The summed E-state index contributed by atoms with van der Waals surface area (Å²) in [4.78, 5) is 3.96. The largest absolute Gasteiger partial charge is 0.383 e. The molecule has 0 bridgehead atoms. The molecule has 3 heteroatoms. The van der Waals surface area contributed by atoms with Gasteiger partial charge in [-0.05, 0) is 30.3 Å². The van der Waals surface area contributed by atoms with Gasteiger partial charge >= 0.3 is 0 Å². The summed E-state index contributed by atoms with van der Waals surface area (Å²) in [5.41, 5.74) is 1.12. The molecule has 70 valence electrons. The quantitative estimate of drug-likeness (QED) is 0.725. The van der Waals surface area contributed by atoms with E-state index in [-0.39, 0.29) is 12.0 Å². The summed E-state index contributed by atoms with van der Waals surface area (Å²) in [5.74, 6) is 0.0161. The van der Waals surface area contributed by atoms with E-state index < -0.39 is 0 Å². The van der Waals surface area contributed by atoms with Gasteiger partial charge in [0.05, 0.1) is 18.0 Å². The lowest BCUT2D eigenvalue weighted by Crippen LogP contribution is -2.26. The normalized spacial score (nSPS) is 25.1. The van der Waals surface area contributed by atoms with E-state index in [9.17, 15) is 0 Å². The average molecular weight is 185 g/mol. The Bertz CT molecular complexity index is 364. The molecule has 2 heterocycles. The molecular formula is C11H11N3. The Kier molecular flexibility index (Phi) is 2.46. The van der Waals surface area contributed by atoms with Crippen LogP contribution >= 0.6 is 0 Å². The molecular weight excluding hydrogens is 174 g/mol. The third kappa shape index (κ3) is 1.60. The van der Waals surface area contributed by atoms with Crippen LogP contribution in [-0.4, -0.2) is 4.98 Å². The Hall–Kier alpha value is -1.82. The highest BCUT2D eigenvalue weighted by Gasteiger charge is 2.22. The second-order valence-corrected chi connectivity index (χ2v) is 3.30. The summed E-state index contributed by atoms with van der Waals surface area (Å²) < 4.78 is 0. The molecule has 0 radical (unpaired) electrons. The summed E-state index contributed by atoms with van der Waals surface area (Å²) in [7, 11) is 0. The van der Waals surface area contributed by atoms with Crippen LogP contribution < -0.4 is 5.32 Å². The minimum atomic E-state index is 0.0161. The van der Waals surface area contributed by atoms with Gasteiger partial charge in [0.1, 0.15) is 0 Å². The van der Waals surface area contributed by atoms with Crippen molar-refractivity contribution in [1.29, 1.82) is 5.26 Å². The van der Waals surface area contributed by atoms with Crippen LogP contribution in [0, 0.1) is 17.2 Å². The first-order valence-electron chi connectivity index (χ1n) is 4.62. The lowest BCUT2D eigenvalue weighted by atomic mass is 9.90. The van der Waals surface area contributed by atoms with Crippen LogP contribution in [0.25, 0.3) is 0 Å². The molecule has 1 aromatic rings. The van der Waals surface area contributed by atoms with E-state index in [1.165, 1.54) is 0 Å². The van der Waals surface area contributed by atoms with Crippen molar-refractivity contribution in [2.24, 2.45) is 5.92 Å². The van der Waals surface area contributed by atoms with Crippen molar-refractivity contribution in [2.45, 2.75) is 12.5 Å². The molecule has 2 rings (SSSR count). The highest BCUT2D eigenvalue weighted by atomic mass is 14.9. The van der Waals surface area contributed by atoms with E-state index >= 15 is 0 Å². The predicted octanol–water partition coefficient (Wildman–Crippen LogP) is 1.77. The van der Waals surface area contributed by atoms with Crippen LogP contribution in [-0.2, 0) is 0 Å². The van der Waals surface area contributed by atoms with Gasteiger partial charge < -0.3 is 5.32 Å². The number of hydrogen-bond acceptors (Lipinski definition) is 3. The molecule has 1 N–H and O–H groups in total. The number of nitriles is 1. The molecule has 2 atom stereocenters. The van der Waals surface area contributed by atoms with E-state index in [1.54, 1.807) is 12.4 Å². The van der Waals surface area contributed by atoms with E-state index in [0.717, 1.165) is 12.0 Å². The first kappa shape index (κ1) is 8.76. The molecule has 2 unspecified atom stereocenters. The van der Waals surface area contributed by atoms with E-state index in [4.69, 9.17) is 5.26 Å². The highest BCUT2D eigenvalue weighted by Crippen LogP contribution is 2.26. The molecule has 1 aliphatic heterocycles. The maximum absolute atomic E-state index is 8.98. The summed E-state index contributed by atoms with van der Waals surface area (Å²) in [5, 5.41) is 12.2. The fraction of sp³-hybridized carbons (Fsp3) is 0.273. The van der Waals surface area contributed by atoms with Crippen molar-refractivity contribution < 1.29 is 0 Å². The number of rotatable bonds is 1. The Morgan fingerprint density at radius 3 is 2.93 bits per heavy atom. The topological polar surface area (TPSA) is 48.7 Å². The fourth-order valence-corrected chi connectivity index (χ4v) is 1.67. The molecule has 0 fully saturated rings. The summed E-state index contributed by atoms with van der Waals surface area (Å²) in [6.07, 6.45) is 8.23. The zero-order valence-electron chi connectivity index (χ0n) is 7.72. The number of nitrogens with one attached hydrogen (secondary N) is 1. The average Bonchev–Trinajstić information content (AvgIpc) is 2.30. The molecule has 14 heavy (non-hydrogen) atoms. The van der Waals surface area contributed by atoms with Gasteiger partial charge in [-0.1, -0.05) is 6.08 Å². The molecule has 0 saturated heterocycles. The van der Waals surface area contributed by atoms with Crippen LogP contribution in [0.4, 0.5) is 0 Å². The van der Waals surface area contributed by atoms with Gasteiger partial charge in [-0.3, -0.25) is 4.98 Å². The van der Waals surface area contributed by atoms with Crippen molar-refractivity contribution in [3.05, 3.63) is 42.4 Å². The fourth-order valence-electron chi connectivity index (χ4n) is 1.67. The van der Waals surface area contributed by atoms with Gasteiger partial charge in [0, 0.05) is 12.4 Å².